The molecule has 2 aromatic rings. The summed E-state index contributed by atoms with van der Waals surface area (Å²) in [6.07, 6.45) is 0. The van der Waals surface area contributed by atoms with Gasteiger partial charge in [-0.25, -0.2) is 13.2 Å². The highest BCUT2D eigenvalue weighted by atomic mass is 79.9. The largest absolute Gasteiger partial charge is 0.478 e. The van der Waals surface area contributed by atoms with Crippen molar-refractivity contribution >= 4 is 48.9 Å². The lowest BCUT2D eigenvalue weighted by atomic mass is 10.2. The lowest BCUT2D eigenvalue weighted by Gasteiger charge is -2.08. The average Bonchev–Trinajstić information content (AvgIpc) is 2.75. The van der Waals surface area contributed by atoms with Crippen LogP contribution in [0.2, 0.25) is 0 Å². The quantitative estimate of drug-likeness (QED) is 0.858. The summed E-state index contributed by atoms with van der Waals surface area (Å²) in [4.78, 5) is 11.8. The van der Waals surface area contributed by atoms with Crippen LogP contribution in [0.3, 0.4) is 0 Å². The molecule has 20 heavy (non-hydrogen) atoms. The van der Waals surface area contributed by atoms with Gasteiger partial charge in [0.15, 0.2) is 0 Å². The van der Waals surface area contributed by atoms with E-state index in [-0.39, 0.29) is 15.5 Å². The van der Waals surface area contributed by atoms with E-state index >= 15 is 0 Å². The molecule has 1 aromatic heterocycles. The van der Waals surface area contributed by atoms with Crippen molar-refractivity contribution in [3.63, 3.8) is 0 Å². The Morgan fingerprint density at radius 1 is 1.30 bits per heavy atom. The SMILES string of the molecule is Cc1ccc(S(=O)(=O)Nc2cc(Br)cc(C(=O)O)c2)s1. The van der Waals surface area contributed by atoms with Crippen molar-refractivity contribution in [2.24, 2.45) is 0 Å². The number of nitrogens with one attached hydrogen (secondary N) is 1. The zero-order valence-corrected chi connectivity index (χ0v) is 13.5. The molecular weight excluding hydrogens is 366 g/mol. The Bertz CT molecular complexity index is 768. The van der Waals surface area contributed by atoms with Crippen LogP contribution >= 0.6 is 27.3 Å². The Balaban J connectivity index is 2.37. The number of carboxylic acid groups (broad SMARTS) is 1. The second-order valence-electron chi connectivity index (χ2n) is 4.00. The first kappa shape index (κ1) is 15.0. The molecule has 1 heterocycles. The molecule has 0 saturated heterocycles. The monoisotopic (exact) mass is 375 g/mol. The van der Waals surface area contributed by atoms with E-state index in [1.165, 1.54) is 24.3 Å². The minimum Gasteiger partial charge on any atom is -0.478 e. The first-order valence-corrected chi connectivity index (χ1v) is 8.50. The minimum absolute atomic E-state index is 0.000523. The molecule has 0 radical (unpaired) electrons. The number of carboxylic acids is 1. The molecule has 0 unspecified atom stereocenters. The molecule has 2 N–H and O–H groups in total. The van der Waals surface area contributed by atoms with Crippen molar-refractivity contribution < 1.29 is 18.3 Å². The first-order valence-electron chi connectivity index (χ1n) is 5.41. The molecule has 0 bridgehead atoms. The Labute approximate surface area is 128 Å². The van der Waals surface area contributed by atoms with Gasteiger partial charge < -0.3 is 5.11 Å². The number of anilines is 1. The molecule has 0 aliphatic heterocycles. The van der Waals surface area contributed by atoms with Crippen molar-refractivity contribution in [1.82, 2.24) is 0 Å². The summed E-state index contributed by atoms with van der Waals surface area (Å²) in [6, 6.07) is 7.40. The second kappa shape index (κ2) is 5.55. The molecule has 0 amide bonds. The fraction of sp³-hybridized carbons (Fsp3) is 0.0833. The van der Waals surface area contributed by atoms with Crippen molar-refractivity contribution in [3.8, 4) is 0 Å². The molecule has 0 atom stereocenters. The van der Waals surface area contributed by atoms with Crippen LogP contribution in [-0.4, -0.2) is 19.5 Å². The van der Waals surface area contributed by atoms with E-state index in [1.807, 2.05) is 6.92 Å². The van der Waals surface area contributed by atoms with Crippen LogP contribution < -0.4 is 4.72 Å². The van der Waals surface area contributed by atoms with Gasteiger partial charge in [-0.3, -0.25) is 4.72 Å². The summed E-state index contributed by atoms with van der Waals surface area (Å²) in [5, 5.41) is 8.96. The van der Waals surface area contributed by atoms with Gasteiger partial charge in [0, 0.05) is 9.35 Å². The minimum atomic E-state index is -3.70. The number of hydrogen-bond acceptors (Lipinski definition) is 4. The normalized spacial score (nSPS) is 11.3. The summed E-state index contributed by atoms with van der Waals surface area (Å²) in [5.41, 5.74) is 0.197. The maximum Gasteiger partial charge on any atom is 0.335 e. The number of carbonyl (C=O) groups is 1. The zero-order chi connectivity index (χ0) is 14.9. The smallest absolute Gasteiger partial charge is 0.335 e. The van der Waals surface area contributed by atoms with E-state index in [1.54, 1.807) is 6.07 Å². The van der Waals surface area contributed by atoms with Crippen molar-refractivity contribution in [3.05, 3.63) is 45.2 Å². The van der Waals surface area contributed by atoms with Crippen molar-refractivity contribution in [1.29, 1.82) is 0 Å². The van der Waals surface area contributed by atoms with Gasteiger partial charge in [-0.1, -0.05) is 15.9 Å². The maximum absolute atomic E-state index is 12.1. The average molecular weight is 376 g/mol. The number of sulfonamides is 1. The molecule has 0 spiro atoms. The van der Waals surface area contributed by atoms with Gasteiger partial charge in [-0.15, -0.1) is 11.3 Å². The van der Waals surface area contributed by atoms with Crippen LogP contribution in [0.25, 0.3) is 0 Å². The van der Waals surface area contributed by atoms with Crippen LogP contribution in [0, 0.1) is 6.92 Å². The Morgan fingerprint density at radius 3 is 2.55 bits per heavy atom. The summed E-state index contributed by atoms with van der Waals surface area (Å²) < 4.78 is 27.3. The van der Waals surface area contributed by atoms with Crippen LogP contribution in [0.1, 0.15) is 15.2 Å². The van der Waals surface area contributed by atoms with Gasteiger partial charge in [0.1, 0.15) is 4.21 Å². The van der Waals surface area contributed by atoms with Crippen LogP contribution in [0.15, 0.2) is 39.0 Å². The molecule has 2 rings (SSSR count). The third-order valence-electron chi connectivity index (χ3n) is 2.38. The van der Waals surface area contributed by atoms with Gasteiger partial charge in [-0.05, 0) is 37.3 Å². The van der Waals surface area contributed by atoms with Crippen molar-refractivity contribution in [2.75, 3.05) is 4.72 Å². The number of rotatable bonds is 4. The molecular formula is C12H10BrNO4S2. The molecule has 5 nitrogen and oxygen atoms in total. The number of aromatic carboxylic acids is 1. The standard InChI is InChI=1S/C12H10BrNO4S2/c1-7-2-3-11(19-7)20(17,18)14-10-5-8(12(15)16)4-9(13)6-10/h2-6,14H,1H3,(H,15,16). The predicted molar refractivity (Wildman–Crippen MR) is 81.0 cm³/mol. The number of hydrogen-bond donors (Lipinski definition) is 2. The second-order valence-corrected chi connectivity index (χ2v) is 8.12. The maximum atomic E-state index is 12.1. The van der Waals surface area contributed by atoms with Gasteiger partial charge in [0.05, 0.1) is 11.3 Å². The summed E-state index contributed by atoms with van der Waals surface area (Å²) in [6.45, 7) is 1.81. The van der Waals surface area contributed by atoms with Crippen molar-refractivity contribution in [2.45, 2.75) is 11.1 Å². The first-order chi connectivity index (χ1) is 9.28. The van der Waals surface area contributed by atoms with E-state index in [2.05, 4.69) is 20.7 Å². The lowest BCUT2D eigenvalue weighted by molar-refractivity contribution is 0.0697. The third kappa shape index (κ3) is 3.38. The number of thiophene rings is 1. The Morgan fingerprint density at radius 2 is 2.00 bits per heavy atom. The summed E-state index contributed by atoms with van der Waals surface area (Å²) in [7, 11) is -3.70. The van der Waals surface area contributed by atoms with Crippen LogP contribution in [0.5, 0.6) is 0 Å². The highest BCUT2D eigenvalue weighted by Gasteiger charge is 2.17. The fourth-order valence-electron chi connectivity index (χ4n) is 1.53. The van der Waals surface area contributed by atoms with E-state index in [9.17, 15) is 13.2 Å². The summed E-state index contributed by atoms with van der Waals surface area (Å²) >= 11 is 4.30. The molecule has 1 aromatic carbocycles. The fourth-order valence-corrected chi connectivity index (χ4v) is 4.35. The molecule has 0 aliphatic rings. The zero-order valence-electron chi connectivity index (χ0n) is 10.3. The van der Waals surface area contributed by atoms with Crippen LogP contribution in [-0.2, 0) is 10.0 Å². The molecule has 0 fully saturated rings. The van der Waals surface area contributed by atoms with Gasteiger partial charge in [0.2, 0.25) is 0 Å². The topological polar surface area (TPSA) is 83.5 Å². The van der Waals surface area contributed by atoms with E-state index in [0.717, 1.165) is 16.2 Å². The lowest BCUT2D eigenvalue weighted by Crippen LogP contribution is -2.12. The van der Waals surface area contributed by atoms with E-state index < -0.39 is 16.0 Å². The van der Waals surface area contributed by atoms with E-state index in [0.29, 0.717) is 4.47 Å². The highest BCUT2D eigenvalue weighted by Crippen LogP contribution is 2.25. The number of halogens is 1. The van der Waals surface area contributed by atoms with Crippen LogP contribution in [0.4, 0.5) is 5.69 Å². The summed E-state index contributed by atoms with van der Waals surface area (Å²) in [5.74, 6) is -1.13. The molecule has 8 heteroatoms. The van der Waals surface area contributed by atoms with Gasteiger partial charge in [-0.2, -0.15) is 0 Å². The van der Waals surface area contributed by atoms with Gasteiger partial charge in [0.25, 0.3) is 10.0 Å². The molecule has 0 saturated carbocycles. The predicted octanol–water partition coefficient (Wildman–Crippen LogP) is 3.32. The molecule has 0 aliphatic carbocycles. The Hall–Kier alpha value is -1.38. The highest BCUT2D eigenvalue weighted by molar-refractivity contribution is 9.10. The third-order valence-corrected chi connectivity index (χ3v) is 5.71. The number of benzene rings is 1. The van der Waals surface area contributed by atoms with E-state index in [4.69, 9.17) is 5.11 Å². The molecule has 106 valence electrons. The number of aryl methyl sites for hydroxylation is 1. The van der Waals surface area contributed by atoms with Gasteiger partial charge >= 0.3 is 5.97 Å². The Kier molecular flexibility index (Phi) is 4.17.